The molecular formula is C8H15ClO3S. The molecule has 0 aromatic rings. The Hall–Kier alpha value is 0.200. The van der Waals surface area contributed by atoms with E-state index < -0.39 is 9.84 Å². The van der Waals surface area contributed by atoms with E-state index in [4.69, 9.17) is 16.3 Å². The predicted molar refractivity (Wildman–Crippen MR) is 53.0 cm³/mol. The molecule has 0 bridgehead atoms. The van der Waals surface area contributed by atoms with Crippen molar-refractivity contribution in [2.75, 3.05) is 24.8 Å². The fraction of sp³-hybridized carbons (Fsp3) is 1.00. The fourth-order valence-electron chi connectivity index (χ4n) is 1.46. The summed E-state index contributed by atoms with van der Waals surface area (Å²) in [6.45, 7) is 1.15. The molecule has 1 rings (SSSR count). The van der Waals surface area contributed by atoms with Crippen LogP contribution >= 0.6 is 11.6 Å². The van der Waals surface area contributed by atoms with E-state index in [1.165, 1.54) is 0 Å². The summed E-state index contributed by atoms with van der Waals surface area (Å²) < 4.78 is 28.4. The summed E-state index contributed by atoms with van der Waals surface area (Å²) in [5.41, 5.74) is 0. The van der Waals surface area contributed by atoms with Crippen molar-refractivity contribution in [1.29, 1.82) is 0 Å². The molecule has 78 valence electrons. The minimum Gasteiger partial charge on any atom is -0.381 e. The van der Waals surface area contributed by atoms with E-state index in [0.717, 1.165) is 0 Å². The summed E-state index contributed by atoms with van der Waals surface area (Å²) in [6.07, 6.45) is 1.84. The number of alkyl halides is 1. The normalized spacial score (nSPS) is 20.4. The summed E-state index contributed by atoms with van der Waals surface area (Å²) in [5, 5.41) is -0.190. The maximum Gasteiger partial charge on any atom is 0.153 e. The standard InChI is InChI=1S/C8H15ClO3S/c9-4-1-7-13(10,11)8-2-5-12-6-3-8/h8H,1-7H2. The first-order valence-electron chi connectivity index (χ1n) is 4.52. The topological polar surface area (TPSA) is 43.4 Å². The molecule has 1 saturated heterocycles. The molecule has 5 heteroatoms. The maximum atomic E-state index is 11.6. The van der Waals surface area contributed by atoms with Gasteiger partial charge in [0, 0.05) is 19.1 Å². The van der Waals surface area contributed by atoms with Gasteiger partial charge in [-0.1, -0.05) is 0 Å². The SMILES string of the molecule is O=S(=O)(CCCCl)C1CCOCC1. The maximum absolute atomic E-state index is 11.6. The second kappa shape index (κ2) is 5.17. The molecule has 13 heavy (non-hydrogen) atoms. The molecule has 0 aromatic heterocycles. The number of halogens is 1. The van der Waals surface area contributed by atoms with E-state index in [0.29, 0.717) is 38.4 Å². The van der Waals surface area contributed by atoms with Crippen molar-refractivity contribution in [2.24, 2.45) is 0 Å². The van der Waals surface area contributed by atoms with Crippen LogP contribution in [0.3, 0.4) is 0 Å². The van der Waals surface area contributed by atoms with Crippen molar-refractivity contribution in [3.63, 3.8) is 0 Å². The fourth-order valence-corrected chi connectivity index (χ4v) is 3.54. The molecule has 0 aromatic carbocycles. The Balaban J connectivity index is 2.47. The van der Waals surface area contributed by atoms with Crippen LogP contribution in [0.4, 0.5) is 0 Å². The molecular weight excluding hydrogens is 212 g/mol. The third-order valence-electron chi connectivity index (χ3n) is 2.24. The van der Waals surface area contributed by atoms with Crippen LogP contribution in [0.5, 0.6) is 0 Å². The Morgan fingerprint density at radius 2 is 1.92 bits per heavy atom. The highest BCUT2D eigenvalue weighted by molar-refractivity contribution is 7.92. The van der Waals surface area contributed by atoms with Gasteiger partial charge in [0.25, 0.3) is 0 Å². The summed E-state index contributed by atoms with van der Waals surface area (Å²) in [4.78, 5) is 0. The quantitative estimate of drug-likeness (QED) is 0.677. The highest BCUT2D eigenvalue weighted by Gasteiger charge is 2.26. The molecule has 0 saturated carbocycles. The van der Waals surface area contributed by atoms with Gasteiger partial charge in [-0.3, -0.25) is 0 Å². The van der Waals surface area contributed by atoms with Gasteiger partial charge in [0.15, 0.2) is 9.84 Å². The summed E-state index contributed by atoms with van der Waals surface area (Å²) >= 11 is 5.46. The van der Waals surface area contributed by atoms with Crippen LogP contribution in [0.2, 0.25) is 0 Å². The van der Waals surface area contributed by atoms with E-state index in [1.807, 2.05) is 0 Å². The molecule has 0 spiro atoms. The predicted octanol–water partition coefficient (Wildman–Crippen LogP) is 1.21. The van der Waals surface area contributed by atoms with Crippen molar-refractivity contribution in [1.82, 2.24) is 0 Å². The van der Waals surface area contributed by atoms with Crippen LogP contribution in [-0.4, -0.2) is 38.5 Å². The Kier molecular flexibility index (Phi) is 4.49. The van der Waals surface area contributed by atoms with Crippen molar-refractivity contribution in [3.05, 3.63) is 0 Å². The molecule has 0 radical (unpaired) electrons. The van der Waals surface area contributed by atoms with Gasteiger partial charge in [-0.25, -0.2) is 8.42 Å². The Morgan fingerprint density at radius 3 is 2.46 bits per heavy atom. The van der Waals surface area contributed by atoms with Crippen molar-refractivity contribution in [3.8, 4) is 0 Å². The highest BCUT2D eigenvalue weighted by atomic mass is 35.5. The van der Waals surface area contributed by atoms with Gasteiger partial charge >= 0.3 is 0 Å². The lowest BCUT2D eigenvalue weighted by Gasteiger charge is -2.21. The highest BCUT2D eigenvalue weighted by Crippen LogP contribution is 2.17. The lowest BCUT2D eigenvalue weighted by molar-refractivity contribution is 0.0983. The zero-order chi connectivity index (χ0) is 9.73. The third-order valence-corrected chi connectivity index (χ3v) is 4.85. The van der Waals surface area contributed by atoms with E-state index >= 15 is 0 Å². The molecule has 0 atom stereocenters. The second-order valence-electron chi connectivity index (χ2n) is 3.22. The van der Waals surface area contributed by atoms with E-state index in [2.05, 4.69) is 0 Å². The minimum atomic E-state index is -2.91. The molecule has 0 N–H and O–H groups in total. The molecule has 1 fully saturated rings. The Labute approximate surface area is 84.3 Å². The molecule has 1 aliphatic heterocycles. The van der Waals surface area contributed by atoms with E-state index in [1.54, 1.807) is 0 Å². The molecule has 3 nitrogen and oxygen atoms in total. The molecule has 0 amide bonds. The van der Waals surface area contributed by atoms with Crippen LogP contribution in [0.25, 0.3) is 0 Å². The van der Waals surface area contributed by atoms with Gasteiger partial charge < -0.3 is 4.74 Å². The number of ether oxygens (including phenoxy) is 1. The van der Waals surface area contributed by atoms with Gasteiger partial charge in [0.05, 0.1) is 11.0 Å². The van der Waals surface area contributed by atoms with Crippen molar-refractivity contribution >= 4 is 21.4 Å². The minimum absolute atomic E-state index is 0.190. The third kappa shape index (κ3) is 3.44. The van der Waals surface area contributed by atoms with Crippen LogP contribution < -0.4 is 0 Å². The number of hydrogen-bond acceptors (Lipinski definition) is 3. The summed E-state index contributed by atoms with van der Waals surface area (Å²) in [5.74, 6) is 0.642. The van der Waals surface area contributed by atoms with Gasteiger partial charge in [-0.2, -0.15) is 0 Å². The largest absolute Gasteiger partial charge is 0.381 e. The van der Waals surface area contributed by atoms with Gasteiger partial charge in [0.2, 0.25) is 0 Å². The van der Waals surface area contributed by atoms with Gasteiger partial charge in [-0.15, -0.1) is 11.6 Å². The van der Waals surface area contributed by atoms with Gasteiger partial charge in [-0.05, 0) is 19.3 Å². The van der Waals surface area contributed by atoms with Crippen LogP contribution in [0, 0.1) is 0 Å². The number of sulfone groups is 1. The monoisotopic (exact) mass is 226 g/mol. The van der Waals surface area contributed by atoms with Gasteiger partial charge in [0.1, 0.15) is 0 Å². The average Bonchev–Trinajstić information content (AvgIpc) is 2.16. The van der Waals surface area contributed by atoms with Crippen LogP contribution in [0.15, 0.2) is 0 Å². The average molecular weight is 227 g/mol. The number of rotatable bonds is 4. The zero-order valence-corrected chi connectivity index (χ0v) is 9.11. The van der Waals surface area contributed by atoms with Crippen molar-refractivity contribution < 1.29 is 13.2 Å². The molecule has 0 unspecified atom stereocenters. The molecule has 0 aliphatic carbocycles. The first-order chi connectivity index (χ1) is 6.17. The second-order valence-corrected chi connectivity index (χ2v) is 6.00. The lowest BCUT2D eigenvalue weighted by atomic mass is 10.2. The summed E-state index contributed by atoms with van der Waals surface area (Å²) in [7, 11) is -2.91. The van der Waals surface area contributed by atoms with E-state index in [-0.39, 0.29) is 11.0 Å². The zero-order valence-electron chi connectivity index (χ0n) is 7.54. The first-order valence-corrected chi connectivity index (χ1v) is 6.77. The number of hydrogen-bond donors (Lipinski definition) is 0. The smallest absolute Gasteiger partial charge is 0.153 e. The Bertz CT molecular complexity index is 232. The lowest BCUT2D eigenvalue weighted by Crippen LogP contribution is -2.30. The molecule has 1 aliphatic rings. The first kappa shape index (κ1) is 11.3. The van der Waals surface area contributed by atoms with E-state index in [9.17, 15) is 8.42 Å². The van der Waals surface area contributed by atoms with Crippen LogP contribution in [-0.2, 0) is 14.6 Å². The van der Waals surface area contributed by atoms with Crippen molar-refractivity contribution in [2.45, 2.75) is 24.5 Å². The van der Waals surface area contributed by atoms with Crippen LogP contribution in [0.1, 0.15) is 19.3 Å². The summed E-state index contributed by atoms with van der Waals surface area (Å²) in [6, 6.07) is 0. The molecule has 1 heterocycles. The Morgan fingerprint density at radius 1 is 1.31 bits per heavy atom.